The summed E-state index contributed by atoms with van der Waals surface area (Å²) in [7, 11) is 1.93. The van der Waals surface area contributed by atoms with Crippen LogP contribution in [0.3, 0.4) is 0 Å². The van der Waals surface area contributed by atoms with Gasteiger partial charge in [0.15, 0.2) is 0 Å². The number of imidazole rings is 1. The Hall–Kier alpha value is -1.78. The summed E-state index contributed by atoms with van der Waals surface area (Å²) in [5.74, 6) is 0.964. The Kier molecular flexibility index (Phi) is 2.16. The van der Waals surface area contributed by atoms with Gasteiger partial charge in [-0.1, -0.05) is 0 Å². The topological polar surface area (TPSA) is 47.7 Å². The minimum absolute atomic E-state index is 0.634. The molecule has 0 aromatic carbocycles. The van der Waals surface area contributed by atoms with Crippen LogP contribution in [0.2, 0.25) is 0 Å². The molecular weight excluding hydrogens is 202 g/mol. The molecule has 2 aromatic heterocycles. The van der Waals surface area contributed by atoms with Gasteiger partial charge in [-0.25, -0.2) is 4.98 Å². The second-order valence-corrected chi connectivity index (χ2v) is 4.32. The van der Waals surface area contributed by atoms with Gasteiger partial charge in [0.25, 0.3) is 0 Å². The maximum absolute atomic E-state index is 4.32. The van der Waals surface area contributed by atoms with Crippen molar-refractivity contribution in [1.29, 1.82) is 0 Å². The van der Waals surface area contributed by atoms with Crippen LogP contribution in [0.1, 0.15) is 18.4 Å². The molecule has 16 heavy (non-hydrogen) atoms. The summed E-state index contributed by atoms with van der Waals surface area (Å²) in [5.41, 5.74) is 1.19. The van der Waals surface area contributed by atoms with E-state index in [1.165, 1.54) is 18.4 Å². The zero-order valence-electron chi connectivity index (χ0n) is 9.30. The van der Waals surface area contributed by atoms with E-state index in [2.05, 4.69) is 20.0 Å². The lowest BCUT2D eigenvalue weighted by Crippen LogP contribution is -2.09. The molecular formula is C11H15N5. The van der Waals surface area contributed by atoms with Gasteiger partial charge in [-0.05, 0) is 12.8 Å². The number of nitrogens with one attached hydrogen (secondary N) is 1. The minimum atomic E-state index is 0.634. The Morgan fingerprint density at radius 3 is 3.06 bits per heavy atom. The van der Waals surface area contributed by atoms with Crippen molar-refractivity contribution in [2.24, 2.45) is 7.05 Å². The highest BCUT2D eigenvalue weighted by Gasteiger charge is 2.22. The van der Waals surface area contributed by atoms with E-state index in [-0.39, 0.29) is 0 Å². The summed E-state index contributed by atoms with van der Waals surface area (Å²) in [6.45, 7) is 0.822. The van der Waals surface area contributed by atoms with Crippen molar-refractivity contribution in [3.8, 4) is 0 Å². The molecule has 1 aliphatic rings. The highest BCUT2D eigenvalue weighted by Crippen LogP contribution is 2.23. The molecule has 5 nitrogen and oxygen atoms in total. The molecule has 0 saturated heterocycles. The van der Waals surface area contributed by atoms with Crippen LogP contribution in [0.25, 0.3) is 0 Å². The molecule has 1 saturated carbocycles. The van der Waals surface area contributed by atoms with Gasteiger partial charge in [0.2, 0.25) is 5.95 Å². The summed E-state index contributed by atoms with van der Waals surface area (Å²) in [5, 5.41) is 7.58. The van der Waals surface area contributed by atoms with Gasteiger partial charge in [-0.2, -0.15) is 5.10 Å². The first-order valence-electron chi connectivity index (χ1n) is 5.56. The van der Waals surface area contributed by atoms with Crippen LogP contribution in [0.5, 0.6) is 0 Å². The lowest BCUT2D eigenvalue weighted by atomic mass is 10.3. The fraction of sp³-hybridized carbons (Fsp3) is 0.455. The van der Waals surface area contributed by atoms with Crippen LogP contribution in [-0.4, -0.2) is 25.4 Å². The molecule has 3 rings (SSSR count). The van der Waals surface area contributed by atoms with E-state index in [0.717, 1.165) is 12.5 Å². The Bertz CT molecular complexity index is 480. The fourth-order valence-corrected chi connectivity index (χ4v) is 1.74. The van der Waals surface area contributed by atoms with Crippen LogP contribution in [0.4, 0.5) is 5.95 Å². The first kappa shape index (κ1) is 9.45. The second-order valence-electron chi connectivity index (χ2n) is 4.32. The number of hydrogen-bond donors (Lipinski definition) is 1. The number of rotatable bonds is 4. The standard InChI is InChI=1S/C11H15N5/c1-15-7-9(6-13-15)8-16-5-4-12-11(16)14-10-2-3-10/h4-7,10H,2-3,8H2,1H3,(H,12,14). The summed E-state index contributed by atoms with van der Waals surface area (Å²) in [6.07, 6.45) is 10.3. The highest BCUT2D eigenvalue weighted by molar-refractivity contribution is 5.30. The highest BCUT2D eigenvalue weighted by atomic mass is 15.3. The van der Waals surface area contributed by atoms with Crippen molar-refractivity contribution < 1.29 is 0 Å². The zero-order valence-corrected chi connectivity index (χ0v) is 9.30. The third-order valence-corrected chi connectivity index (χ3v) is 2.74. The molecule has 0 radical (unpaired) electrons. The summed E-state index contributed by atoms with van der Waals surface area (Å²) in [4.78, 5) is 4.32. The quantitative estimate of drug-likeness (QED) is 0.838. The third-order valence-electron chi connectivity index (χ3n) is 2.74. The van der Waals surface area contributed by atoms with Crippen molar-refractivity contribution in [2.45, 2.75) is 25.4 Å². The average molecular weight is 217 g/mol. The van der Waals surface area contributed by atoms with E-state index >= 15 is 0 Å². The largest absolute Gasteiger partial charge is 0.353 e. The van der Waals surface area contributed by atoms with E-state index in [0.29, 0.717) is 6.04 Å². The molecule has 0 spiro atoms. The molecule has 1 fully saturated rings. The lowest BCUT2D eigenvalue weighted by molar-refractivity contribution is 0.762. The zero-order chi connectivity index (χ0) is 11.0. The Morgan fingerprint density at radius 1 is 1.50 bits per heavy atom. The Morgan fingerprint density at radius 2 is 2.38 bits per heavy atom. The molecule has 0 aliphatic heterocycles. The number of aromatic nitrogens is 4. The van der Waals surface area contributed by atoms with E-state index in [1.54, 1.807) is 0 Å². The Labute approximate surface area is 94.1 Å². The number of nitrogens with zero attached hydrogens (tertiary/aromatic N) is 4. The van der Waals surface area contributed by atoms with Gasteiger partial charge in [-0.15, -0.1) is 0 Å². The first-order chi connectivity index (χ1) is 7.81. The van der Waals surface area contributed by atoms with Gasteiger partial charge in [0, 0.05) is 37.2 Å². The molecule has 0 bridgehead atoms. The molecule has 0 unspecified atom stereocenters. The van der Waals surface area contributed by atoms with E-state index in [1.807, 2.05) is 36.5 Å². The maximum Gasteiger partial charge on any atom is 0.203 e. The normalized spacial score (nSPS) is 15.3. The van der Waals surface area contributed by atoms with Gasteiger partial charge in [0.1, 0.15) is 0 Å². The molecule has 2 aromatic rings. The fourth-order valence-electron chi connectivity index (χ4n) is 1.74. The van der Waals surface area contributed by atoms with E-state index in [4.69, 9.17) is 0 Å². The van der Waals surface area contributed by atoms with Crippen molar-refractivity contribution >= 4 is 5.95 Å². The van der Waals surface area contributed by atoms with E-state index in [9.17, 15) is 0 Å². The molecule has 2 heterocycles. The predicted octanol–water partition coefficient (Wildman–Crippen LogP) is 1.24. The SMILES string of the molecule is Cn1cc(Cn2ccnc2NC2CC2)cn1. The van der Waals surface area contributed by atoms with Crippen molar-refractivity contribution in [3.63, 3.8) is 0 Å². The van der Waals surface area contributed by atoms with Gasteiger partial charge in [0.05, 0.1) is 12.7 Å². The number of hydrogen-bond acceptors (Lipinski definition) is 3. The third kappa shape index (κ3) is 1.93. The predicted molar refractivity (Wildman–Crippen MR) is 61.2 cm³/mol. The summed E-state index contributed by atoms with van der Waals surface area (Å²) < 4.78 is 3.94. The first-order valence-corrected chi connectivity index (χ1v) is 5.56. The molecule has 1 aliphatic carbocycles. The molecule has 1 N–H and O–H groups in total. The maximum atomic E-state index is 4.32. The van der Waals surface area contributed by atoms with Gasteiger partial charge >= 0.3 is 0 Å². The summed E-state index contributed by atoms with van der Waals surface area (Å²) >= 11 is 0. The molecule has 0 atom stereocenters. The molecule has 0 amide bonds. The second kappa shape index (κ2) is 3.66. The van der Waals surface area contributed by atoms with Gasteiger partial charge in [-0.3, -0.25) is 4.68 Å². The average Bonchev–Trinajstić information content (AvgIpc) is 2.82. The minimum Gasteiger partial charge on any atom is -0.353 e. The van der Waals surface area contributed by atoms with Crippen molar-refractivity contribution in [2.75, 3.05) is 5.32 Å². The number of anilines is 1. The van der Waals surface area contributed by atoms with Crippen molar-refractivity contribution in [1.82, 2.24) is 19.3 Å². The lowest BCUT2D eigenvalue weighted by Gasteiger charge is -2.07. The monoisotopic (exact) mass is 217 g/mol. The smallest absolute Gasteiger partial charge is 0.203 e. The van der Waals surface area contributed by atoms with Crippen LogP contribution in [-0.2, 0) is 13.6 Å². The Balaban J connectivity index is 1.75. The van der Waals surface area contributed by atoms with Crippen LogP contribution >= 0.6 is 0 Å². The summed E-state index contributed by atoms with van der Waals surface area (Å²) in [6, 6.07) is 0.634. The number of aryl methyl sites for hydroxylation is 1. The molecule has 5 heteroatoms. The van der Waals surface area contributed by atoms with E-state index < -0.39 is 0 Å². The molecule has 84 valence electrons. The van der Waals surface area contributed by atoms with Crippen LogP contribution < -0.4 is 5.32 Å². The van der Waals surface area contributed by atoms with Gasteiger partial charge < -0.3 is 9.88 Å². The van der Waals surface area contributed by atoms with Crippen LogP contribution in [0.15, 0.2) is 24.8 Å². The van der Waals surface area contributed by atoms with Crippen molar-refractivity contribution in [3.05, 3.63) is 30.4 Å². The van der Waals surface area contributed by atoms with Crippen LogP contribution in [0, 0.1) is 0 Å².